The topological polar surface area (TPSA) is 59.3 Å². The van der Waals surface area contributed by atoms with Crippen molar-refractivity contribution in [2.45, 2.75) is 27.7 Å². The number of fused-ring (bicyclic) bond motifs is 1. The largest absolute Gasteiger partial charge is 0.356 e. The third kappa shape index (κ3) is 1.88. The summed E-state index contributed by atoms with van der Waals surface area (Å²) in [5.41, 5.74) is 3.39. The van der Waals surface area contributed by atoms with E-state index in [4.69, 9.17) is 0 Å². The molecule has 5 heteroatoms. The Kier molecular flexibility index (Phi) is 2.83. The van der Waals surface area contributed by atoms with Gasteiger partial charge < -0.3 is 5.32 Å². The Labute approximate surface area is 99.5 Å². The normalized spacial score (nSPS) is 10.8. The number of aromatic nitrogens is 3. The van der Waals surface area contributed by atoms with Crippen molar-refractivity contribution >= 4 is 11.6 Å². The molecule has 0 bridgehead atoms. The van der Waals surface area contributed by atoms with Crippen molar-refractivity contribution in [1.82, 2.24) is 14.4 Å². The highest BCUT2D eigenvalue weighted by Crippen LogP contribution is 2.14. The Morgan fingerprint density at radius 2 is 2.00 bits per heavy atom. The lowest BCUT2D eigenvalue weighted by Crippen LogP contribution is -2.23. The summed E-state index contributed by atoms with van der Waals surface area (Å²) in [6, 6.07) is 1.97. The van der Waals surface area contributed by atoms with Crippen LogP contribution in [0.25, 0.3) is 5.65 Å². The average Bonchev–Trinajstić information content (AvgIpc) is 2.25. The molecule has 0 unspecified atom stereocenters. The van der Waals surface area contributed by atoms with Gasteiger partial charge in [0.15, 0.2) is 0 Å². The Balaban J connectivity index is 2.86. The van der Waals surface area contributed by atoms with E-state index in [1.165, 1.54) is 0 Å². The van der Waals surface area contributed by atoms with E-state index in [2.05, 4.69) is 15.3 Å². The lowest BCUT2D eigenvalue weighted by molar-refractivity contribution is 0.894. The van der Waals surface area contributed by atoms with Gasteiger partial charge >= 0.3 is 5.69 Å². The molecule has 2 aromatic heterocycles. The van der Waals surface area contributed by atoms with Crippen LogP contribution in [0.5, 0.6) is 0 Å². The van der Waals surface area contributed by atoms with Crippen LogP contribution in [-0.2, 0) is 0 Å². The summed E-state index contributed by atoms with van der Waals surface area (Å²) in [7, 11) is 0. The van der Waals surface area contributed by atoms with Gasteiger partial charge in [-0.3, -0.25) is 0 Å². The van der Waals surface area contributed by atoms with Gasteiger partial charge in [-0.25, -0.2) is 9.20 Å². The summed E-state index contributed by atoms with van der Waals surface area (Å²) in [6.07, 6.45) is 0. The molecule has 2 rings (SSSR count). The second-order valence-electron chi connectivity index (χ2n) is 4.11. The smallest absolute Gasteiger partial charge is 0.354 e. The monoisotopic (exact) mass is 232 g/mol. The fourth-order valence-corrected chi connectivity index (χ4v) is 1.88. The first-order valence-corrected chi connectivity index (χ1v) is 5.66. The number of hydrogen-bond donors (Lipinski definition) is 1. The van der Waals surface area contributed by atoms with Gasteiger partial charge in [0.05, 0.1) is 0 Å². The minimum Gasteiger partial charge on any atom is -0.354 e. The first kappa shape index (κ1) is 11.6. The van der Waals surface area contributed by atoms with Gasteiger partial charge in [-0.1, -0.05) is 0 Å². The van der Waals surface area contributed by atoms with Gasteiger partial charge in [0.2, 0.25) is 5.95 Å². The Morgan fingerprint density at radius 1 is 1.29 bits per heavy atom. The SMILES string of the molecule is CCNc1nc(=O)n2c(C)cc(C)c(C)c2n1. The first-order valence-electron chi connectivity index (χ1n) is 5.66. The Morgan fingerprint density at radius 3 is 2.65 bits per heavy atom. The van der Waals surface area contributed by atoms with Crippen molar-refractivity contribution in [2.24, 2.45) is 0 Å². The zero-order valence-corrected chi connectivity index (χ0v) is 10.5. The summed E-state index contributed by atoms with van der Waals surface area (Å²) in [5.74, 6) is 0.394. The standard InChI is InChI=1S/C12H16N4O/c1-5-13-11-14-10-9(4)7(2)6-8(3)16(10)12(17)15-11/h6H,5H2,1-4H3,(H,13,15,17). The molecule has 5 nitrogen and oxygen atoms in total. The molecule has 90 valence electrons. The lowest BCUT2D eigenvalue weighted by atomic mass is 10.1. The van der Waals surface area contributed by atoms with E-state index in [-0.39, 0.29) is 5.69 Å². The maximum Gasteiger partial charge on any atom is 0.356 e. The number of aryl methyl sites for hydroxylation is 3. The molecule has 0 spiro atoms. The molecular formula is C12H16N4O. The highest BCUT2D eigenvalue weighted by atomic mass is 16.1. The van der Waals surface area contributed by atoms with Gasteiger partial charge in [-0.05, 0) is 44.9 Å². The van der Waals surface area contributed by atoms with Gasteiger partial charge in [0, 0.05) is 12.2 Å². The fraction of sp³-hybridized carbons (Fsp3) is 0.417. The third-order valence-electron chi connectivity index (χ3n) is 2.86. The summed E-state index contributed by atoms with van der Waals surface area (Å²) >= 11 is 0. The Bertz CT molecular complexity index is 630. The van der Waals surface area contributed by atoms with Crippen molar-refractivity contribution < 1.29 is 0 Å². The molecule has 0 fully saturated rings. The molecule has 0 aromatic carbocycles. The summed E-state index contributed by atoms with van der Waals surface area (Å²) < 4.78 is 1.54. The van der Waals surface area contributed by atoms with Gasteiger partial charge in [0.25, 0.3) is 0 Å². The van der Waals surface area contributed by atoms with E-state index in [1.54, 1.807) is 4.40 Å². The predicted octanol–water partition coefficient (Wildman–Crippen LogP) is 1.45. The summed E-state index contributed by atoms with van der Waals surface area (Å²) in [6.45, 7) is 8.50. The molecule has 0 aliphatic carbocycles. The molecule has 2 aromatic rings. The molecule has 0 radical (unpaired) electrons. The van der Waals surface area contributed by atoms with Crippen molar-refractivity contribution in [3.63, 3.8) is 0 Å². The molecule has 0 amide bonds. The fourth-order valence-electron chi connectivity index (χ4n) is 1.88. The van der Waals surface area contributed by atoms with Crippen LogP contribution in [0.15, 0.2) is 10.9 Å². The molecule has 2 heterocycles. The van der Waals surface area contributed by atoms with Crippen molar-refractivity contribution in [3.05, 3.63) is 33.4 Å². The van der Waals surface area contributed by atoms with Crippen LogP contribution < -0.4 is 11.0 Å². The molecule has 17 heavy (non-hydrogen) atoms. The number of nitrogens with one attached hydrogen (secondary N) is 1. The van der Waals surface area contributed by atoms with Gasteiger partial charge in [-0.15, -0.1) is 0 Å². The number of hydrogen-bond acceptors (Lipinski definition) is 4. The van der Waals surface area contributed by atoms with Crippen LogP contribution in [0.2, 0.25) is 0 Å². The number of pyridine rings is 1. The van der Waals surface area contributed by atoms with Crippen molar-refractivity contribution in [1.29, 1.82) is 0 Å². The zero-order valence-electron chi connectivity index (χ0n) is 10.5. The highest BCUT2D eigenvalue weighted by molar-refractivity contribution is 5.53. The second kappa shape index (κ2) is 4.16. The molecule has 0 saturated carbocycles. The third-order valence-corrected chi connectivity index (χ3v) is 2.86. The minimum absolute atomic E-state index is 0.286. The molecule has 0 saturated heterocycles. The van der Waals surface area contributed by atoms with Crippen LogP contribution in [0.3, 0.4) is 0 Å². The van der Waals surface area contributed by atoms with Crippen LogP contribution in [-0.4, -0.2) is 20.9 Å². The zero-order chi connectivity index (χ0) is 12.6. The number of rotatable bonds is 2. The van der Waals surface area contributed by atoms with Crippen LogP contribution in [0.4, 0.5) is 5.95 Å². The van der Waals surface area contributed by atoms with Crippen molar-refractivity contribution in [2.75, 3.05) is 11.9 Å². The van der Waals surface area contributed by atoms with E-state index >= 15 is 0 Å². The lowest BCUT2D eigenvalue weighted by Gasteiger charge is -2.10. The van der Waals surface area contributed by atoms with E-state index in [1.807, 2.05) is 33.8 Å². The van der Waals surface area contributed by atoms with Crippen LogP contribution in [0, 0.1) is 20.8 Å². The molecular weight excluding hydrogens is 216 g/mol. The number of nitrogens with zero attached hydrogens (tertiary/aromatic N) is 3. The van der Waals surface area contributed by atoms with E-state index in [0.29, 0.717) is 18.1 Å². The molecule has 0 atom stereocenters. The maximum atomic E-state index is 11.9. The van der Waals surface area contributed by atoms with E-state index in [0.717, 1.165) is 16.8 Å². The highest BCUT2D eigenvalue weighted by Gasteiger charge is 2.09. The average molecular weight is 232 g/mol. The summed E-state index contributed by atoms with van der Waals surface area (Å²) in [4.78, 5) is 20.2. The van der Waals surface area contributed by atoms with Gasteiger partial charge in [-0.2, -0.15) is 9.97 Å². The summed E-state index contributed by atoms with van der Waals surface area (Å²) in [5, 5.41) is 2.97. The van der Waals surface area contributed by atoms with Gasteiger partial charge in [0.1, 0.15) is 5.65 Å². The molecule has 0 aliphatic rings. The number of anilines is 1. The molecule has 1 N–H and O–H groups in total. The van der Waals surface area contributed by atoms with E-state index < -0.39 is 0 Å². The second-order valence-corrected chi connectivity index (χ2v) is 4.11. The predicted molar refractivity (Wildman–Crippen MR) is 67.6 cm³/mol. The van der Waals surface area contributed by atoms with Crippen molar-refractivity contribution in [3.8, 4) is 0 Å². The maximum absolute atomic E-state index is 11.9. The van der Waals surface area contributed by atoms with Crippen LogP contribution in [0.1, 0.15) is 23.7 Å². The van der Waals surface area contributed by atoms with Crippen LogP contribution >= 0.6 is 0 Å². The minimum atomic E-state index is -0.286. The first-order chi connectivity index (χ1) is 8.04. The Hall–Kier alpha value is -1.91. The molecule has 0 aliphatic heterocycles. The quantitative estimate of drug-likeness (QED) is 0.851. The van der Waals surface area contributed by atoms with E-state index in [9.17, 15) is 4.79 Å².